The first kappa shape index (κ1) is 12.3. The molecule has 2 rings (SSSR count). The Hall–Kier alpha value is -0.120. The molecule has 0 amide bonds. The minimum absolute atomic E-state index is 0.340. The maximum Gasteiger partial charge on any atom is 0.0813 e. The second kappa shape index (κ2) is 5.99. The lowest BCUT2D eigenvalue weighted by atomic mass is 9.97. The average molecular weight is 227 g/mol. The van der Waals surface area contributed by atoms with E-state index in [4.69, 9.17) is 15.2 Å². The molecular weight excluding hydrogens is 202 g/mol. The van der Waals surface area contributed by atoms with Gasteiger partial charge in [0.05, 0.1) is 18.8 Å². The Balaban J connectivity index is 1.60. The zero-order valence-corrected chi connectivity index (χ0v) is 10.4. The van der Waals surface area contributed by atoms with Gasteiger partial charge in [-0.15, -0.1) is 0 Å². The summed E-state index contributed by atoms with van der Waals surface area (Å²) in [5.41, 5.74) is 5.76. The highest BCUT2D eigenvalue weighted by Gasteiger charge is 2.27. The van der Waals surface area contributed by atoms with E-state index in [0.29, 0.717) is 24.0 Å². The van der Waals surface area contributed by atoms with Gasteiger partial charge in [0, 0.05) is 6.61 Å². The van der Waals surface area contributed by atoms with Gasteiger partial charge < -0.3 is 15.2 Å². The lowest BCUT2D eigenvalue weighted by Crippen LogP contribution is -2.24. The molecule has 3 heteroatoms. The summed E-state index contributed by atoms with van der Waals surface area (Å²) < 4.78 is 11.5. The molecule has 1 heterocycles. The molecule has 2 aliphatic rings. The Morgan fingerprint density at radius 2 is 1.94 bits per heavy atom. The highest BCUT2D eigenvalue weighted by atomic mass is 16.5. The molecule has 94 valence electrons. The monoisotopic (exact) mass is 227 g/mol. The van der Waals surface area contributed by atoms with Crippen molar-refractivity contribution in [1.82, 2.24) is 0 Å². The van der Waals surface area contributed by atoms with Gasteiger partial charge in [-0.2, -0.15) is 0 Å². The van der Waals surface area contributed by atoms with E-state index in [1.807, 2.05) is 0 Å². The first-order valence-corrected chi connectivity index (χ1v) is 6.73. The van der Waals surface area contributed by atoms with Crippen molar-refractivity contribution in [2.24, 2.45) is 17.6 Å². The third-order valence-electron chi connectivity index (χ3n) is 4.07. The van der Waals surface area contributed by atoms with Gasteiger partial charge in [-0.1, -0.05) is 6.42 Å². The zero-order chi connectivity index (χ0) is 11.4. The van der Waals surface area contributed by atoms with Gasteiger partial charge in [-0.3, -0.25) is 0 Å². The first-order valence-electron chi connectivity index (χ1n) is 6.73. The van der Waals surface area contributed by atoms with Crippen molar-refractivity contribution in [3.63, 3.8) is 0 Å². The Bertz CT molecular complexity index is 210. The van der Waals surface area contributed by atoms with Crippen LogP contribution in [0.1, 0.15) is 39.0 Å². The van der Waals surface area contributed by atoms with Crippen LogP contribution in [0.25, 0.3) is 0 Å². The van der Waals surface area contributed by atoms with Crippen LogP contribution in [-0.2, 0) is 9.47 Å². The maximum atomic E-state index is 5.80. The minimum Gasteiger partial charge on any atom is -0.378 e. The predicted octanol–water partition coefficient (Wildman–Crippen LogP) is 1.95. The van der Waals surface area contributed by atoms with Crippen molar-refractivity contribution in [1.29, 1.82) is 0 Å². The van der Waals surface area contributed by atoms with E-state index >= 15 is 0 Å². The molecule has 0 aromatic carbocycles. The molecular formula is C13H25NO2. The summed E-state index contributed by atoms with van der Waals surface area (Å²) in [7, 11) is 0. The summed E-state index contributed by atoms with van der Waals surface area (Å²) in [4.78, 5) is 0. The molecule has 4 atom stereocenters. The van der Waals surface area contributed by atoms with Crippen molar-refractivity contribution in [2.75, 3.05) is 19.8 Å². The molecule has 16 heavy (non-hydrogen) atoms. The van der Waals surface area contributed by atoms with E-state index in [2.05, 4.69) is 6.92 Å². The van der Waals surface area contributed by atoms with Gasteiger partial charge in [-0.25, -0.2) is 0 Å². The molecule has 2 fully saturated rings. The van der Waals surface area contributed by atoms with Crippen LogP contribution in [0.3, 0.4) is 0 Å². The highest BCUT2D eigenvalue weighted by molar-refractivity contribution is 4.78. The molecule has 0 radical (unpaired) electrons. The predicted molar refractivity (Wildman–Crippen MR) is 64.3 cm³/mol. The number of rotatable bonds is 5. The van der Waals surface area contributed by atoms with E-state index < -0.39 is 0 Å². The van der Waals surface area contributed by atoms with E-state index in [1.54, 1.807) is 0 Å². The number of ether oxygens (including phenoxy) is 2. The van der Waals surface area contributed by atoms with Gasteiger partial charge in [-0.05, 0) is 51.0 Å². The third kappa shape index (κ3) is 3.19. The number of hydrogen-bond acceptors (Lipinski definition) is 3. The van der Waals surface area contributed by atoms with Crippen molar-refractivity contribution < 1.29 is 9.47 Å². The van der Waals surface area contributed by atoms with Gasteiger partial charge >= 0.3 is 0 Å². The summed E-state index contributed by atoms with van der Waals surface area (Å²) in [5.74, 6) is 1.40. The Morgan fingerprint density at radius 1 is 1.12 bits per heavy atom. The minimum atomic E-state index is 0.340. The van der Waals surface area contributed by atoms with E-state index in [1.165, 1.54) is 25.7 Å². The molecule has 2 N–H and O–H groups in total. The van der Waals surface area contributed by atoms with E-state index in [-0.39, 0.29) is 0 Å². The summed E-state index contributed by atoms with van der Waals surface area (Å²) in [5, 5.41) is 0. The van der Waals surface area contributed by atoms with Crippen molar-refractivity contribution >= 4 is 0 Å². The van der Waals surface area contributed by atoms with Crippen molar-refractivity contribution in [3.8, 4) is 0 Å². The Morgan fingerprint density at radius 3 is 2.62 bits per heavy atom. The lowest BCUT2D eigenvalue weighted by molar-refractivity contribution is -0.0203. The highest BCUT2D eigenvalue weighted by Crippen LogP contribution is 2.31. The molecule has 4 unspecified atom stereocenters. The van der Waals surface area contributed by atoms with Gasteiger partial charge in [0.25, 0.3) is 0 Å². The molecule has 1 aliphatic carbocycles. The van der Waals surface area contributed by atoms with Crippen molar-refractivity contribution in [2.45, 2.75) is 51.2 Å². The van der Waals surface area contributed by atoms with Crippen molar-refractivity contribution in [3.05, 3.63) is 0 Å². The fraction of sp³-hybridized carbons (Fsp3) is 1.00. The van der Waals surface area contributed by atoms with E-state index in [0.717, 1.165) is 26.2 Å². The summed E-state index contributed by atoms with van der Waals surface area (Å²) in [6.45, 7) is 4.63. The summed E-state index contributed by atoms with van der Waals surface area (Å²) in [6, 6.07) is 0. The third-order valence-corrected chi connectivity index (χ3v) is 4.07. The largest absolute Gasteiger partial charge is 0.378 e. The number of hydrogen-bond donors (Lipinski definition) is 1. The molecule has 0 aromatic heterocycles. The topological polar surface area (TPSA) is 44.5 Å². The molecule has 1 saturated carbocycles. The van der Waals surface area contributed by atoms with Crippen LogP contribution in [0.5, 0.6) is 0 Å². The zero-order valence-electron chi connectivity index (χ0n) is 10.4. The SMILES string of the molecule is CC1CCC(COCC2CCCC2CN)O1. The van der Waals surface area contributed by atoms with Crippen LogP contribution in [0, 0.1) is 11.8 Å². The van der Waals surface area contributed by atoms with Crippen LogP contribution in [0.2, 0.25) is 0 Å². The fourth-order valence-corrected chi connectivity index (χ4v) is 3.00. The van der Waals surface area contributed by atoms with Crippen LogP contribution in [0.15, 0.2) is 0 Å². The smallest absolute Gasteiger partial charge is 0.0813 e. The van der Waals surface area contributed by atoms with Crippen LogP contribution in [-0.4, -0.2) is 32.0 Å². The lowest BCUT2D eigenvalue weighted by Gasteiger charge is -2.19. The first-order chi connectivity index (χ1) is 7.79. The van der Waals surface area contributed by atoms with Crippen LogP contribution in [0.4, 0.5) is 0 Å². The molecule has 3 nitrogen and oxygen atoms in total. The summed E-state index contributed by atoms with van der Waals surface area (Å²) >= 11 is 0. The molecule has 0 spiro atoms. The average Bonchev–Trinajstić information content (AvgIpc) is 2.87. The van der Waals surface area contributed by atoms with Gasteiger partial charge in [0.15, 0.2) is 0 Å². The fourth-order valence-electron chi connectivity index (χ4n) is 3.00. The Kier molecular flexibility index (Phi) is 4.62. The van der Waals surface area contributed by atoms with Crippen LogP contribution < -0.4 is 5.73 Å². The maximum absolute atomic E-state index is 5.80. The van der Waals surface area contributed by atoms with Crippen LogP contribution >= 0.6 is 0 Å². The number of nitrogens with two attached hydrogens (primary N) is 1. The molecule has 1 aliphatic heterocycles. The van der Waals surface area contributed by atoms with Gasteiger partial charge in [0.2, 0.25) is 0 Å². The van der Waals surface area contributed by atoms with Gasteiger partial charge in [0.1, 0.15) is 0 Å². The second-order valence-electron chi connectivity index (χ2n) is 5.37. The second-order valence-corrected chi connectivity index (χ2v) is 5.37. The molecule has 0 bridgehead atoms. The molecule has 1 saturated heterocycles. The normalized spacial score (nSPS) is 39.4. The Labute approximate surface area is 98.7 Å². The van der Waals surface area contributed by atoms with E-state index in [9.17, 15) is 0 Å². The molecule has 0 aromatic rings. The summed E-state index contributed by atoms with van der Waals surface area (Å²) in [6.07, 6.45) is 7.03. The standard InChI is InChI=1S/C13H25NO2/c1-10-5-6-13(16-10)9-15-8-12-4-2-3-11(12)7-14/h10-13H,2-9,14H2,1H3. The quantitative estimate of drug-likeness (QED) is 0.780.